The SMILES string of the molecule is Cc1ccc(S(=O)(=O)/N=c2\sc3c(Cl)ccc(C)c3n2C)cc1. The second kappa shape index (κ2) is 5.78. The van der Waals surface area contributed by atoms with Crippen molar-refractivity contribution in [3.05, 3.63) is 57.3 Å². The van der Waals surface area contributed by atoms with E-state index in [0.717, 1.165) is 21.3 Å². The molecule has 2 aromatic carbocycles. The summed E-state index contributed by atoms with van der Waals surface area (Å²) in [6, 6.07) is 10.4. The highest BCUT2D eigenvalue weighted by atomic mass is 35.5. The van der Waals surface area contributed by atoms with E-state index in [1.54, 1.807) is 35.9 Å². The quantitative estimate of drug-likeness (QED) is 0.692. The first-order valence-corrected chi connectivity index (χ1v) is 9.55. The molecule has 0 N–H and O–H groups in total. The fourth-order valence-corrected chi connectivity index (χ4v) is 4.96. The number of hydrogen-bond acceptors (Lipinski definition) is 3. The lowest BCUT2D eigenvalue weighted by Crippen LogP contribution is -2.14. The Kier molecular flexibility index (Phi) is 4.08. The lowest BCUT2D eigenvalue weighted by Gasteiger charge is -2.01. The third kappa shape index (κ3) is 2.94. The van der Waals surface area contributed by atoms with E-state index in [1.807, 2.05) is 26.0 Å². The number of thiazole rings is 1. The molecule has 23 heavy (non-hydrogen) atoms. The molecule has 4 nitrogen and oxygen atoms in total. The lowest BCUT2D eigenvalue weighted by molar-refractivity contribution is 0.596. The maximum absolute atomic E-state index is 12.5. The van der Waals surface area contributed by atoms with Gasteiger partial charge in [-0.25, -0.2) is 0 Å². The van der Waals surface area contributed by atoms with Crippen LogP contribution in [0.1, 0.15) is 11.1 Å². The summed E-state index contributed by atoms with van der Waals surface area (Å²) >= 11 is 7.50. The van der Waals surface area contributed by atoms with Crippen molar-refractivity contribution in [2.45, 2.75) is 18.7 Å². The highest BCUT2D eigenvalue weighted by Crippen LogP contribution is 2.28. The van der Waals surface area contributed by atoms with Gasteiger partial charge >= 0.3 is 0 Å². The van der Waals surface area contributed by atoms with E-state index < -0.39 is 10.0 Å². The van der Waals surface area contributed by atoms with Crippen LogP contribution in [0.15, 0.2) is 45.7 Å². The summed E-state index contributed by atoms with van der Waals surface area (Å²) in [6.07, 6.45) is 0. The van der Waals surface area contributed by atoms with E-state index in [2.05, 4.69) is 4.40 Å². The number of aryl methyl sites for hydroxylation is 3. The average molecular weight is 367 g/mol. The molecule has 0 amide bonds. The van der Waals surface area contributed by atoms with Crippen LogP contribution >= 0.6 is 22.9 Å². The van der Waals surface area contributed by atoms with Gasteiger partial charge in [0.05, 0.1) is 20.1 Å². The fourth-order valence-electron chi connectivity index (χ4n) is 2.36. The Balaban J connectivity index is 2.26. The normalized spacial score (nSPS) is 13.0. The molecule has 0 unspecified atom stereocenters. The van der Waals surface area contributed by atoms with E-state index in [9.17, 15) is 8.42 Å². The molecule has 3 aromatic rings. The summed E-state index contributed by atoms with van der Waals surface area (Å²) < 4.78 is 31.6. The summed E-state index contributed by atoms with van der Waals surface area (Å²) in [5.74, 6) is 0. The zero-order valence-corrected chi connectivity index (χ0v) is 15.3. The molecule has 0 saturated heterocycles. The average Bonchev–Trinajstić information content (AvgIpc) is 2.81. The van der Waals surface area contributed by atoms with Crippen molar-refractivity contribution in [2.24, 2.45) is 11.4 Å². The van der Waals surface area contributed by atoms with Crippen molar-refractivity contribution in [3.63, 3.8) is 0 Å². The van der Waals surface area contributed by atoms with Gasteiger partial charge in [-0.05, 0) is 37.6 Å². The van der Waals surface area contributed by atoms with Crippen LogP contribution in [0, 0.1) is 13.8 Å². The van der Waals surface area contributed by atoms with Crippen LogP contribution in [0.4, 0.5) is 0 Å². The van der Waals surface area contributed by atoms with E-state index >= 15 is 0 Å². The largest absolute Gasteiger partial charge is 0.319 e. The molecule has 1 aromatic heterocycles. The maximum Gasteiger partial charge on any atom is 0.285 e. The minimum atomic E-state index is -3.75. The molecule has 120 valence electrons. The zero-order chi connectivity index (χ0) is 16.8. The van der Waals surface area contributed by atoms with Gasteiger partial charge in [0.25, 0.3) is 10.0 Å². The fraction of sp³-hybridized carbons (Fsp3) is 0.188. The number of sulfonamides is 1. The van der Waals surface area contributed by atoms with E-state index in [0.29, 0.717) is 9.82 Å². The molecule has 1 heterocycles. The van der Waals surface area contributed by atoms with Crippen molar-refractivity contribution in [2.75, 3.05) is 0 Å². The molecule has 0 atom stereocenters. The Morgan fingerprint density at radius 1 is 1.09 bits per heavy atom. The van der Waals surface area contributed by atoms with Gasteiger partial charge < -0.3 is 4.57 Å². The Labute approximate surface area is 143 Å². The number of hydrogen-bond donors (Lipinski definition) is 0. The zero-order valence-electron chi connectivity index (χ0n) is 12.9. The van der Waals surface area contributed by atoms with E-state index in [1.165, 1.54) is 11.3 Å². The highest BCUT2D eigenvalue weighted by molar-refractivity contribution is 7.90. The van der Waals surface area contributed by atoms with Gasteiger partial charge in [-0.3, -0.25) is 0 Å². The van der Waals surface area contributed by atoms with Crippen molar-refractivity contribution in [1.29, 1.82) is 0 Å². The predicted octanol–water partition coefficient (Wildman–Crippen LogP) is 3.80. The number of benzene rings is 2. The second-order valence-electron chi connectivity index (χ2n) is 5.37. The van der Waals surface area contributed by atoms with Gasteiger partial charge in [-0.2, -0.15) is 8.42 Å². The maximum atomic E-state index is 12.5. The van der Waals surface area contributed by atoms with Gasteiger partial charge in [0, 0.05) is 7.05 Å². The van der Waals surface area contributed by atoms with E-state index in [4.69, 9.17) is 11.6 Å². The van der Waals surface area contributed by atoms with Crippen molar-refractivity contribution < 1.29 is 8.42 Å². The van der Waals surface area contributed by atoms with Crippen LogP contribution in [0.3, 0.4) is 0 Å². The van der Waals surface area contributed by atoms with Crippen molar-refractivity contribution in [1.82, 2.24) is 4.57 Å². The van der Waals surface area contributed by atoms with Crippen molar-refractivity contribution in [3.8, 4) is 0 Å². The van der Waals surface area contributed by atoms with Crippen LogP contribution in [0.25, 0.3) is 10.2 Å². The lowest BCUT2D eigenvalue weighted by atomic mass is 10.2. The molecular weight excluding hydrogens is 352 g/mol. The third-order valence-electron chi connectivity index (χ3n) is 3.62. The first-order chi connectivity index (χ1) is 10.8. The summed E-state index contributed by atoms with van der Waals surface area (Å²) in [4.78, 5) is 0.583. The molecule has 0 aliphatic heterocycles. The molecule has 3 rings (SSSR count). The summed E-state index contributed by atoms with van der Waals surface area (Å²) in [5, 5.41) is 0.598. The molecular formula is C16H15ClN2O2S2. The number of rotatable bonds is 2. The van der Waals surface area contributed by atoms with Crippen LogP contribution < -0.4 is 4.80 Å². The topological polar surface area (TPSA) is 51.4 Å². The van der Waals surface area contributed by atoms with Crippen LogP contribution in [-0.4, -0.2) is 13.0 Å². The first-order valence-electron chi connectivity index (χ1n) is 6.92. The Hall–Kier alpha value is -1.63. The van der Waals surface area contributed by atoms with Gasteiger partial charge in [0.2, 0.25) is 4.80 Å². The molecule has 0 spiro atoms. The monoisotopic (exact) mass is 366 g/mol. The Morgan fingerprint density at radius 2 is 1.74 bits per heavy atom. The highest BCUT2D eigenvalue weighted by Gasteiger charge is 2.15. The van der Waals surface area contributed by atoms with Gasteiger partial charge in [-0.15, -0.1) is 4.40 Å². The summed E-state index contributed by atoms with van der Waals surface area (Å²) in [5.41, 5.74) is 2.93. The molecule has 0 bridgehead atoms. The molecule has 0 saturated carbocycles. The standard InChI is InChI=1S/C16H15ClN2O2S2/c1-10-4-7-12(8-5-10)23(20,21)18-16-19(3)14-11(2)6-9-13(17)15(14)22-16/h4-9H,1-3H3/b18-16-. The third-order valence-corrected chi connectivity index (χ3v) is 6.61. The molecule has 0 aliphatic rings. The van der Waals surface area contributed by atoms with E-state index in [-0.39, 0.29) is 4.90 Å². The minimum absolute atomic E-state index is 0.184. The number of fused-ring (bicyclic) bond motifs is 1. The summed E-state index contributed by atoms with van der Waals surface area (Å²) in [7, 11) is -1.96. The number of halogens is 1. The number of nitrogens with zero attached hydrogens (tertiary/aromatic N) is 2. The predicted molar refractivity (Wildman–Crippen MR) is 94.5 cm³/mol. The smallest absolute Gasteiger partial charge is 0.285 e. The van der Waals surface area contributed by atoms with Crippen molar-refractivity contribution >= 4 is 43.2 Å². The van der Waals surface area contributed by atoms with Gasteiger partial charge in [-0.1, -0.05) is 46.7 Å². The summed E-state index contributed by atoms with van der Waals surface area (Å²) in [6.45, 7) is 3.87. The van der Waals surface area contributed by atoms with Gasteiger partial charge in [0.15, 0.2) is 0 Å². The van der Waals surface area contributed by atoms with Crippen LogP contribution in [0.5, 0.6) is 0 Å². The molecule has 0 radical (unpaired) electrons. The van der Waals surface area contributed by atoms with Crippen LogP contribution in [0.2, 0.25) is 5.02 Å². The molecule has 0 aliphatic carbocycles. The van der Waals surface area contributed by atoms with Gasteiger partial charge in [0.1, 0.15) is 0 Å². The molecule has 7 heteroatoms. The second-order valence-corrected chi connectivity index (χ2v) is 8.35. The minimum Gasteiger partial charge on any atom is -0.319 e. The number of aromatic nitrogens is 1. The molecule has 0 fully saturated rings. The Morgan fingerprint density at radius 3 is 2.35 bits per heavy atom. The van der Waals surface area contributed by atoms with Crippen LogP contribution in [-0.2, 0) is 17.1 Å². The first kappa shape index (κ1) is 16.2. The Bertz CT molecular complexity index is 1060.